The lowest BCUT2D eigenvalue weighted by atomic mass is 10.0. The van der Waals surface area contributed by atoms with Crippen molar-refractivity contribution in [2.75, 3.05) is 6.26 Å². The molecule has 0 radical (unpaired) electrons. The van der Waals surface area contributed by atoms with Crippen LogP contribution in [0.2, 0.25) is 0 Å². The molecule has 0 saturated carbocycles. The summed E-state index contributed by atoms with van der Waals surface area (Å²) in [5, 5.41) is 0. The molecule has 0 unspecified atom stereocenters. The first-order valence-corrected chi connectivity index (χ1v) is 12.3. The van der Waals surface area contributed by atoms with Crippen LogP contribution in [0, 0.1) is 6.92 Å². The van der Waals surface area contributed by atoms with Crippen LogP contribution in [0.15, 0.2) is 68.6 Å². The molecule has 0 bridgehead atoms. The van der Waals surface area contributed by atoms with E-state index in [1.165, 1.54) is 24.3 Å². The second-order valence-corrected chi connectivity index (χ2v) is 11.6. The molecule has 0 atom stereocenters. The molecule has 0 aliphatic carbocycles. The van der Waals surface area contributed by atoms with E-state index in [9.17, 15) is 16.8 Å². The van der Waals surface area contributed by atoms with Gasteiger partial charge in [-0.05, 0) is 42.8 Å². The van der Waals surface area contributed by atoms with Gasteiger partial charge in [-0.2, -0.15) is 0 Å². The summed E-state index contributed by atoms with van der Waals surface area (Å²) in [6.07, 6.45) is 1.11. The molecule has 1 aromatic heterocycles. The number of thiophene rings is 1. The highest BCUT2D eigenvalue weighted by Gasteiger charge is 2.23. The normalized spacial score (nSPS) is 11.8. The first-order valence-electron chi connectivity index (χ1n) is 8.08. The molecular formula is C19H20ClNO4S3. The van der Waals surface area contributed by atoms with Gasteiger partial charge in [-0.25, -0.2) is 16.8 Å². The Balaban J connectivity index is 0.00000280. The van der Waals surface area contributed by atoms with Crippen LogP contribution in [0.25, 0.3) is 11.1 Å². The summed E-state index contributed by atoms with van der Waals surface area (Å²) in [5.41, 5.74) is 7.61. The average molecular weight is 458 g/mol. The van der Waals surface area contributed by atoms with E-state index in [1.807, 2.05) is 19.1 Å². The maximum Gasteiger partial charge on any atom is 0.215 e. The third-order valence-corrected chi connectivity index (χ3v) is 8.63. The van der Waals surface area contributed by atoms with Gasteiger partial charge in [-0.15, -0.1) is 23.7 Å². The van der Waals surface area contributed by atoms with Crippen molar-refractivity contribution in [3.63, 3.8) is 0 Å². The summed E-state index contributed by atoms with van der Waals surface area (Å²) >= 11 is 1.12. The zero-order valence-electron chi connectivity index (χ0n) is 15.2. The molecule has 150 valence electrons. The second-order valence-electron chi connectivity index (χ2n) is 6.22. The van der Waals surface area contributed by atoms with Crippen molar-refractivity contribution >= 4 is 43.4 Å². The van der Waals surface area contributed by atoms with E-state index < -0.39 is 19.7 Å². The first-order chi connectivity index (χ1) is 12.6. The van der Waals surface area contributed by atoms with Crippen LogP contribution in [-0.2, 0) is 26.2 Å². The lowest BCUT2D eigenvalue weighted by Crippen LogP contribution is -2.04. The van der Waals surface area contributed by atoms with Gasteiger partial charge in [0.2, 0.25) is 9.84 Å². The van der Waals surface area contributed by atoms with Crippen molar-refractivity contribution in [2.45, 2.75) is 27.5 Å². The van der Waals surface area contributed by atoms with Gasteiger partial charge < -0.3 is 5.73 Å². The lowest BCUT2D eigenvalue weighted by Gasteiger charge is -2.11. The molecule has 0 aliphatic heterocycles. The summed E-state index contributed by atoms with van der Waals surface area (Å²) < 4.78 is 50.6. The van der Waals surface area contributed by atoms with Crippen LogP contribution in [-0.4, -0.2) is 23.1 Å². The summed E-state index contributed by atoms with van der Waals surface area (Å²) in [7, 11) is -7.29. The largest absolute Gasteiger partial charge is 0.326 e. The molecule has 3 aromatic rings. The molecule has 2 aromatic carbocycles. The van der Waals surface area contributed by atoms with Gasteiger partial charge in [0.1, 0.15) is 4.21 Å². The zero-order valence-corrected chi connectivity index (χ0v) is 18.5. The molecule has 1 heterocycles. The third-order valence-electron chi connectivity index (χ3n) is 4.13. The number of aryl methyl sites for hydroxylation is 1. The van der Waals surface area contributed by atoms with Crippen molar-refractivity contribution in [3.8, 4) is 11.1 Å². The van der Waals surface area contributed by atoms with Crippen molar-refractivity contribution < 1.29 is 16.8 Å². The minimum atomic E-state index is -3.76. The molecule has 0 fully saturated rings. The van der Waals surface area contributed by atoms with Gasteiger partial charge >= 0.3 is 0 Å². The second kappa shape index (κ2) is 8.34. The van der Waals surface area contributed by atoms with Crippen LogP contribution >= 0.6 is 23.7 Å². The fourth-order valence-electron chi connectivity index (χ4n) is 2.69. The summed E-state index contributed by atoms with van der Waals surface area (Å²) in [6, 6.07) is 14.6. The van der Waals surface area contributed by atoms with Gasteiger partial charge in [-0.1, -0.05) is 29.8 Å². The zero-order chi connectivity index (χ0) is 19.8. The van der Waals surface area contributed by atoms with Crippen LogP contribution < -0.4 is 5.73 Å². The fraction of sp³-hybridized carbons (Fsp3) is 0.158. The Hall–Kier alpha value is -1.71. The number of nitrogens with two attached hydrogens (primary N) is 1. The van der Waals surface area contributed by atoms with Gasteiger partial charge in [-0.3, -0.25) is 0 Å². The standard InChI is InChI=1S/C19H19NO4S3.ClH/c1-13-3-5-14(6-4-13)17-11-16(8-9-18(17)26(2,21)22)27(23,24)19-10-7-15(12-20)25-19;/h3-11H,12,20H2,1-2H3;1H. The molecule has 5 nitrogen and oxygen atoms in total. The Bertz CT molecular complexity index is 1200. The minimum absolute atomic E-state index is 0. The van der Waals surface area contributed by atoms with E-state index in [4.69, 9.17) is 5.73 Å². The topological polar surface area (TPSA) is 94.3 Å². The highest BCUT2D eigenvalue weighted by molar-refractivity contribution is 7.93. The van der Waals surface area contributed by atoms with Crippen LogP contribution in [0.5, 0.6) is 0 Å². The molecule has 0 aliphatic rings. The van der Waals surface area contributed by atoms with Crippen molar-refractivity contribution in [2.24, 2.45) is 5.73 Å². The Morgan fingerprint density at radius 1 is 0.929 bits per heavy atom. The number of halogens is 1. The Morgan fingerprint density at radius 2 is 1.57 bits per heavy atom. The van der Waals surface area contributed by atoms with Gasteiger partial charge in [0, 0.05) is 23.2 Å². The maximum absolute atomic E-state index is 13.0. The average Bonchev–Trinajstić information content (AvgIpc) is 3.11. The Morgan fingerprint density at radius 3 is 2.11 bits per heavy atom. The van der Waals surface area contributed by atoms with Crippen molar-refractivity contribution in [3.05, 3.63) is 65.0 Å². The molecule has 9 heteroatoms. The van der Waals surface area contributed by atoms with E-state index >= 15 is 0 Å². The predicted octanol–water partition coefficient (Wildman–Crippen LogP) is 3.84. The SMILES string of the molecule is Cc1ccc(-c2cc(S(=O)(=O)c3ccc(CN)s3)ccc2S(C)(=O)=O)cc1.Cl. The van der Waals surface area contributed by atoms with Crippen LogP contribution in [0.3, 0.4) is 0 Å². The molecule has 28 heavy (non-hydrogen) atoms. The van der Waals surface area contributed by atoms with Gasteiger partial charge in [0.25, 0.3) is 0 Å². The van der Waals surface area contributed by atoms with Gasteiger partial charge in [0.05, 0.1) is 9.79 Å². The monoisotopic (exact) mass is 457 g/mol. The smallest absolute Gasteiger partial charge is 0.215 e. The molecule has 3 rings (SSSR count). The highest BCUT2D eigenvalue weighted by Crippen LogP contribution is 2.34. The van der Waals surface area contributed by atoms with E-state index in [-0.39, 0.29) is 33.0 Å². The number of benzene rings is 2. The third kappa shape index (κ3) is 4.47. The van der Waals surface area contributed by atoms with E-state index in [2.05, 4.69) is 0 Å². The maximum atomic E-state index is 13.0. The molecule has 2 N–H and O–H groups in total. The summed E-state index contributed by atoms with van der Waals surface area (Å²) in [4.78, 5) is 0.912. The fourth-order valence-corrected chi connectivity index (χ4v) is 6.24. The number of sulfone groups is 2. The van der Waals surface area contributed by atoms with Gasteiger partial charge in [0.15, 0.2) is 9.84 Å². The summed E-state index contributed by atoms with van der Waals surface area (Å²) in [6.45, 7) is 2.19. The quantitative estimate of drug-likeness (QED) is 0.628. The highest BCUT2D eigenvalue weighted by atomic mass is 35.5. The number of hydrogen-bond acceptors (Lipinski definition) is 6. The van der Waals surface area contributed by atoms with E-state index in [1.54, 1.807) is 18.2 Å². The molecule has 0 amide bonds. The molecule has 0 spiro atoms. The molecule has 0 saturated heterocycles. The number of rotatable bonds is 5. The van der Waals surface area contributed by atoms with Crippen molar-refractivity contribution in [1.29, 1.82) is 0 Å². The molecular weight excluding hydrogens is 438 g/mol. The Kier molecular flexibility index (Phi) is 6.73. The van der Waals surface area contributed by atoms with Crippen LogP contribution in [0.1, 0.15) is 10.4 Å². The Labute approximate surface area is 175 Å². The van der Waals surface area contributed by atoms with E-state index in [0.29, 0.717) is 11.1 Å². The minimum Gasteiger partial charge on any atom is -0.326 e. The number of hydrogen-bond donors (Lipinski definition) is 1. The van der Waals surface area contributed by atoms with Crippen LogP contribution in [0.4, 0.5) is 0 Å². The first kappa shape index (κ1) is 22.6. The lowest BCUT2D eigenvalue weighted by molar-refractivity contribution is 0.596. The predicted molar refractivity (Wildman–Crippen MR) is 115 cm³/mol. The summed E-state index contributed by atoms with van der Waals surface area (Å²) in [5.74, 6) is 0. The van der Waals surface area contributed by atoms with E-state index in [0.717, 1.165) is 28.0 Å². The van der Waals surface area contributed by atoms with Crippen molar-refractivity contribution in [1.82, 2.24) is 0 Å².